The maximum absolute atomic E-state index is 13.3. The summed E-state index contributed by atoms with van der Waals surface area (Å²) in [6, 6.07) is 0. The number of halogens is 3. The van der Waals surface area contributed by atoms with E-state index >= 15 is 0 Å². The van der Waals surface area contributed by atoms with E-state index in [1.807, 2.05) is 0 Å². The number of ether oxygens (including phenoxy) is 3. The summed E-state index contributed by atoms with van der Waals surface area (Å²) in [5.74, 6) is -0.651. The van der Waals surface area contributed by atoms with E-state index in [2.05, 4.69) is 58.4 Å². The molecule has 18 N–H and O–H groups in total. The summed E-state index contributed by atoms with van der Waals surface area (Å²) in [4.78, 5) is 84.3. The highest BCUT2D eigenvalue weighted by atomic mass is 31.2. The molecule has 6 aromatic rings. The molecule has 0 radical (unpaired) electrons. The molecular weight excluding hydrogens is 1060 g/mol. The number of nitrogens with zero attached hydrogens (tertiary/aromatic N) is 12. The summed E-state index contributed by atoms with van der Waals surface area (Å²) in [5.41, 5.74) is 16.6. The van der Waals surface area contributed by atoms with E-state index in [0.29, 0.717) is 0 Å². The first-order chi connectivity index (χ1) is 33.5. The number of aliphatic hydroxyl groups is 6. The van der Waals surface area contributed by atoms with Gasteiger partial charge in [0, 0.05) is 0 Å². The van der Waals surface area contributed by atoms with Crippen molar-refractivity contribution >= 4 is 74.4 Å². The van der Waals surface area contributed by atoms with Crippen molar-refractivity contribution in [1.29, 1.82) is 0 Å². The summed E-state index contributed by atoms with van der Waals surface area (Å²) in [6.07, 6.45) is -16.4. The number of hydrogen-bond acceptors (Lipinski definition) is 27. The highest BCUT2D eigenvalue weighted by Gasteiger charge is 2.48. The number of fused-ring (bicyclic) bond motifs is 3. The monoisotopic (exact) mass is 1100 g/mol. The molecule has 0 saturated carbocycles. The number of imidazole rings is 3. The van der Waals surface area contributed by atoms with Gasteiger partial charge in [0.15, 0.2) is 69.6 Å². The minimum Gasteiger partial charge on any atom is -0.387 e. The van der Waals surface area contributed by atoms with Gasteiger partial charge in [0.1, 0.15) is 54.9 Å². The lowest BCUT2D eigenvalue weighted by Gasteiger charge is -2.16. The van der Waals surface area contributed by atoms with Crippen LogP contribution in [0.2, 0.25) is 0 Å². The predicted molar refractivity (Wildman–Crippen MR) is 221 cm³/mol. The second-order valence-electron chi connectivity index (χ2n) is 15.1. The minimum atomic E-state index is -4.78. The van der Waals surface area contributed by atoms with E-state index in [9.17, 15) is 57.5 Å². The maximum atomic E-state index is 13.3. The number of nitrogens with two attached hydrogens (primary N) is 3. The van der Waals surface area contributed by atoms with Crippen LogP contribution in [0, 0.1) is 18.2 Å². The first kappa shape index (κ1) is 54.6. The Bertz CT molecular complexity index is 2760. The van der Waals surface area contributed by atoms with Crippen molar-refractivity contribution in [2.75, 3.05) is 37.0 Å². The highest BCUT2D eigenvalue weighted by Crippen LogP contribution is 2.42. The Hall–Kier alpha value is -5.19. The molecule has 3 saturated heterocycles. The third kappa shape index (κ3) is 12.1. The quantitative estimate of drug-likeness (QED) is 0.0402. The van der Waals surface area contributed by atoms with Crippen LogP contribution in [0.25, 0.3) is 33.5 Å². The molecule has 12 atom stereocenters. The molecule has 396 valence electrons. The first-order valence-corrected chi connectivity index (χ1v) is 24.2. The van der Waals surface area contributed by atoms with Crippen molar-refractivity contribution in [2.24, 2.45) is 0 Å². The molecule has 0 unspecified atom stereocenters. The average molecular weight is 1100 g/mol. The number of hydrogen-bond donors (Lipinski definition) is 15. The normalized spacial score (nSPS) is 27.9. The average Bonchev–Trinajstić information content (AvgIpc) is 4.13. The number of aromatic nitrogens is 12. The molecule has 0 aromatic carbocycles. The SMILES string of the molecule is Nc1nc(F)nc2c1ncn2[C@@H]1O[C@H](COP(=O)(O)O)[C@@H](O)[C@@H]1O.Nc1nc(F)nc2c1ncn2[C@@H]1O[C@H](COP(=O)(O)O)[C@@H](O)[C@@H]1O.Nc1nc(F)nc2c1ncn2[C@@H]1O[C@H](COP(=O)(O)O)[C@@H](O)[C@@H]1O. The zero-order valence-electron chi connectivity index (χ0n) is 35.4. The van der Waals surface area contributed by atoms with Gasteiger partial charge in [-0.05, 0) is 0 Å². The van der Waals surface area contributed by atoms with Crippen LogP contribution < -0.4 is 17.2 Å². The molecule has 36 nitrogen and oxygen atoms in total. The van der Waals surface area contributed by atoms with Crippen LogP contribution in [-0.4, -0.2) is 193 Å². The maximum Gasteiger partial charge on any atom is 0.469 e. The van der Waals surface area contributed by atoms with Gasteiger partial charge in [-0.2, -0.15) is 43.1 Å². The third-order valence-corrected chi connectivity index (χ3v) is 11.8. The van der Waals surface area contributed by atoms with Gasteiger partial charge >= 0.3 is 41.7 Å². The summed E-state index contributed by atoms with van der Waals surface area (Å²) in [6.45, 7) is -2.01. The lowest BCUT2D eigenvalue weighted by Crippen LogP contribution is -2.33. The summed E-state index contributed by atoms with van der Waals surface area (Å²) in [5, 5.41) is 60.1. The molecular formula is C30H39F3N15O21P3. The van der Waals surface area contributed by atoms with Crippen molar-refractivity contribution < 1.29 is 115 Å². The van der Waals surface area contributed by atoms with E-state index in [0.717, 1.165) is 32.7 Å². The molecule has 0 spiro atoms. The van der Waals surface area contributed by atoms with Crippen LogP contribution in [0.4, 0.5) is 30.6 Å². The molecule has 0 amide bonds. The van der Waals surface area contributed by atoms with Crippen LogP contribution in [0.15, 0.2) is 19.0 Å². The zero-order valence-corrected chi connectivity index (χ0v) is 38.1. The summed E-state index contributed by atoms with van der Waals surface area (Å²) >= 11 is 0. The fourth-order valence-electron chi connectivity index (χ4n) is 7.09. The molecule has 9 rings (SSSR count). The van der Waals surface area contributed by atoms with Crippen molar-refractivity contribution in [3.05, 3.63) is 37.2 Å². The summed E-state index contributed by atoms with van der Waals surface area (Å²) in [7, 11) is -14.3. The highest BCUT2D eigenvalue weighted by molar-refractivity contribution is 7.46. The Labute approximate surface area is 395 Å². The van der Waals surface area contributed by atoms with E-state index in [1.165, 1.54) is 0 Å². The van der Waals surface area contributed by atoms with Crippen molar-refractivity contribution in [3.63, 3.8) is 0 Å². The number of nitrogen functional groups attached to an aromatic ring is 3. The molecule has 0 bridgehead atoms. The van der Waals surface area contributed by atoms with Gasteiger partial charge in [0.2, 0.25) is 0 Å². The van der Waals surface area contributed by atoms with Gasteiger partial charge in [-0.25, -0.2) is 28.6 Å². The van der Waals surface area contributed by atoms with E-state index in [-0.39, 0.29) is 50.9 Å². The molecule has 3 fully saturated rings. The number of aliphatic hydroxyl groups excluding tert-OH is 6. The minimum absolute atomic E-state index is 0.0663. The van der Waals surface area contributed by atoms with E-state index in [4.69, 9.17) is 60.8 Å². The van der Waals surface area contributed by atoms with Crippen LogP contribution in [-0.2, 0) is 41.5 Å². The number of phosphoric ester groups is 3. The standard InChI is InChI=1S/3C10H13FN5O7P/c3*11-10-14-7(12)4-8(15-10)16(2-13-4)9-6(18)5(17)3(23-9)1-22-24(19,20)21/h3*2-3,5-6,9,17-18H,1H2,(H2,12,14,15)(H2,19,20,21)/t3*3-,5-,6+,9-/m111/s1. The number of anilines is 3. The van der Waals surface area contributed by atoms with Crippen LogP contribution in [0.5, 0.6) is 0 Å². The molecule has 6 aromatic heterocycles. The Morgan fingerprint density at radius 3 is 0.917 bits per heavy atom. The van der Waals surface area contributed by atoms with Crippen molar-refractivity contribution in [3.8, 4) is 0 Å². The lowest BCUT2D eigenvalue weighted by molar-refractivity contribution is -0.0504. The van der Waals surface area contributed by atoms with Gasteiger partial charge in [0.25, 0.3) is 0 Å². The smallest absolute Gasteiger partial charge is 0.387 e. The van der Waals surface area contributed by atoms with Gasteiger partial charge in [0.05, 0.1) is 38.8 Å². The van der Waals surface area contributed by atoms with Crippen LogP contribution in [0.3, 0.4) is 0 Å². The molecule has 0 aliphatic carbocycles. The summed E-state index contributed by atoms with van der Waals surface area (Å²) < 4.78 is 104. The zero-order chi connectivity index (χ0) is 52.9. The Morgan fingerprint density at radius 1 is 0.458 bits per heavy atom. The lowest BCUT2D eigenvalue weighted by atomic mass is 10.1. The van der Waals surface area contributed by atoms with Crippen LogP contribution >= 0.6 is 23.5 Å². The van der Waals surface area contributed by atoms with Gasteiger partial charge in [-0.1, -0.05) is 0 Å². The largest absolute Gasteiger partial charge is 0.469 e. The van der Waals surface area contributed by atoms with Crippen molar-refractivity contribution in [1.82, 2.24) is 58.6 Å². The molecule has 3 aliphatic rings. The van der Waals surface area contributed by atoms with E-state index in [1.54, 1.807) is 0 Å². The van der Waals surface area contributed by atoms with Gasteiger partial charge < -0.3 is 91.4 Å². The second kappa shape index (κ2) is 21.0. The fraction of sp³-hybridized carbons (Fsp3) is 0.500. The van der Waals surface area contributed by atoms with Gasteiger partial charge in [-0.15, -0.1) is 0 Å². The van der Waals surface area contributed by atoms with Crippen LogP contribution in [0.1, 0.15) is 18.7 Å². The predicted octanol–water partition coefficient (Wildman–Crippen LogP) is -5.17. The number of rotatable bonds is 12. The second-order valence-corrected chi connectivity index (χ2v) is 18.8. The van der Waals surface area contributed by atoms with E-state index < -0.39 is 135 Å². The Kier molecular flexibility index (Phi) is 15.9. The topological polar surface area (TPSA) is 558 Å². The molecule has 3 aliphatic heterocycles. The molecule has 9 heterocycles. The third-order valence-electron chi connectivity index (χ3n) is 10.3. The molecule has 72 heavy (non-hydrogen) atoms. The number of phosphoric acid groups is 3. The van der Waals surface area contributed by atoms with Crippen molar-refractivity contribution in [2.45, 2.75) is 73.6 Å². The Balaban J connectivity index is 0.000000158. The first-order valence-electron chi connectivity index (χ1n) is 19.6. The van der Waals surface area contributed by atoms with Gasteiger partial charge in [-0.3, -0.25) is 27.3 Å². The Morgan fingerprint density at radius 2 is 0.694 bits per heavy atom. The fourth-order valence-corrected chi connectivity index (χ4v) is 8.12. The molecule has 42 heteroatoms.